The number of benzene rings is 3. The van der Waals surface area contributed by atoms with Gasteiger partial charge in [-0.2, -0.15) is 0 Å². The Morgan fingerprint density at radius 3 is 2.17 bits per heavy atom. The third-order valence-corrected chi connectivity index (χ3v) is 4.10. The second-order valence-corrected chi connectivity index (χ2v) is 6.30. The van der Waals surface area contributed by atoms with Gasteiger partial charge in [0, 0.05) is 5.69 Å². The molecular formula is C23H21NO5. The summed E-state index contributed by atoms with van der Waals surface area (Å²) in [6.45, 7) is 1.79. The normalized spacial score (nSPS) is 10.1. The summed E-state index contributed by atoms with van der Waals surface area (Å²) in [6.07, 6.45) is 0.655. The molecule has 6 heteroatoms. The van der Waals surface area contributed by atoms with Gasteiger partial charge in [-0.15, -0.1) is 0 Å². The maximum atomic E-state index is 12.1. The lowest BCUT2D eigenvalue weighted by atomic mass is 10.2. The van der Waals surface area contributed by atoms with E-state index >= 15 is 0 Å². The number of carbonyl (C=O) groups excluding carboxylic acids is 2. The fourth-order valence-electron chi connectivity index (χ4n) is 2.57. The number of aryl methyl sites for hydroxylation is 1. The van der Waals surface area contributed by atoms with E-state index in [9.17, 15) is 9.59 Å². The fraction of sp³-hybridized carbons (Fsp3) is 0.130. The molecule has 0 aliphatic heterocycles. The van der Waals surface area contributed by atoms with E-state index in [0.717, 1.165) is 11.3 Å². The Hall–Kier alpha value is -3.80. The minimum Gasteiger partial charge on any atom is -0.497 e. The Balaban J connectivity index is 1.54. The Morgan fingerprint density at radius 2 is 1.55 bits per heavy atom. The zero-order chi connectivity index (χ0) is 20.6. The predicted octanol–water partition coefficient (Wildman–Crippen LogP) is 4.63. The molecule has 0 aliphatic carbocycles. The summed E-state index contributed by atoms with van der Waals surface area (Å²) in [6, 6.07) is 19.6. The van der Waals surface area contributed by atoms with Crippen LogP contribution in [0.2, 0.25) is 0 Å². The van der Waals surface area contributed by atoms with Crippen LogP contribution in [-0.2, 0) is 4.79 Å². The van der Waals surface area contributed by atoms with Crippen LogP contribution >= 0.6 is 0 Å². The molecule has 3 aromatic rings. The topological polar surface area (TPSA) is 73.9 Å². The number of rotatable bonds is 8. The number of nitrogens with one attached hydrogen (secondary N) is 1. The molecule has 0 saturated heterocycles. The number of carbonyl (C=O) groups is 2. The van der Waals surface area contributed by atoms with Crippen molar-refractivity contribution in [2.24, 2.45) is 0 Å². The van der Waals surface area contributed by atoms with Gasteiger partial charge in [0.05, 0.1) is 12.7 Å². The zero-order valence-corrected chi connectivity index (χ0v) is 16.2. The number of ether oxygens (including phenoxy) is 3. The molecule has 0 atom stereocenters. The van der Waals surface area contributed by atoms with Crippen LogP contribution in [0.3, 0.4) is 0 Å². The Kier molecular flexibility index (Phi) is 6.47. The number of methoxy groups -OCH3 is 1. The number of aldehydes is 1. The molecule has 0 aromatic heterocycles. The van der Waals surface area contributed by atoms with Crippen LogP contribution in [-0.4, -0.2) is 25.9 Å². The molecule has 0 unspecified atom stereocenters. The lowest BCUT2D eigenvalue weighted by molar-refractivity contribution is -0.118. The molecule has 0 radical (unpaired) electrons. The molecule has 1 N–H and O–H groups in total. The lowest BCUT2D eigenvalue weighted by Crippen LogP contribution is -2.20. The Labute approximate surface area is 169 Å². The quantitative estimate of drug-likeness (QED) is 0.567. The minimum absolute atomic E-state index is 0.227. The van der Waals surface area contributed by atoms with Gasteiger partial charge >= 0.3 is 0 Å². The van der Waals surface area contributed by atoms with Gasteiger partial charge in [-0.1, -0.05) is 17.7 Å². The molecule has 1 amide bonds. The maximum absolute atomic E-state index is 12.1. The van der Waals surface area contributed by atoms with Crippen LogP contribution in [0.4, 0.5) is 5.69 Å². The molecule has 0 saturated carbocycles. The van der Waals surface area contributed by atoms with Gasteiger partial charge in [0.15, 0.2) is 12.9 Å². The second-order valence-electron chi connectivity index (χ2n) is 6.30. The average Bonchev–Trinajstić information content (AvgIpc) is 2.75. The zero-order valence-electron chi connectivity index (χ0n) is 16.2. The SMILES string of the molecule is COc1ccc(OCC(=O)Nc2ccc(Oc3ccc(C)cc3)cc2)c(C=O)c1. The first-order chi connectivity index (χ1) is 14.1. The Morgan fingerprint density at radius 1 is 0.931 bits per heavy atom. The molecular weight excluding hydrogens is 370 g/mol. The van der Waals surface area contributed by atoms with Crippen molar-refractivity contribution in [2.75, 3.05) is 19.0 Å². The average molecular weight is 391 g/mol. The van der Waals surface area contributed by atoms with E-state index in [1.165, 1.54) is 7.11 Å². The summed E-state index contributed by atoms with van der Waals surface area (Å²) in [5.74, 6) is 1.92. The van der Waals surface area contributed by atoms with E-state index in [2.05, 4.69) is 5.32 Å². The molecule has 6 nitrogen and oxygen atoms in total. The summed E-state index contributed by atoms with van der Waals surface area (Å²) in [5.41, 5.74) is 2.09. The van der Waals surface area contributed by atoms with Crippen molar-refractivity contribution in [3.8, 4) is 23.0 Å². The van der Waals surface area contributed by atoms with E-state index in [4.69, 9.17) is 14.2 Å². The van der Waals surface area contributed by atoms with Gasteiger partial charge in [0.2, 0.25) is 0 Å². The summed E-state index contributed by atoms with van der Waals surface area (Å²) in [5, 5.41) is 2.74. The van der Waals surface area contributed by atoms with Gasteiger partial charge in [-0.25, -0.2) is 0 Å². The molecule has 0 fully saturated rings. The molecule has 0 heterocycles. The van der Waals surface area contributed by atoms with Crippen LogP contribution in [0.1, 0.15) is 15.9 Å². The summed E-state index contributed by atoms with van der Waals surface area (Å²) in [4.78, 5) is 23.3. The predicted molar refractivity (Wildman–Crippen MR) is 110 cm³/mol. The van der Waals surface area contributed by atoms with Crippen molar-refractivity contribution in [3.63, 3.8) is 0 Å². The summed E-state index contributed by atoms with van der Waals surface area (Å²) >= 11 is 0. The number of amides is 1. The van der Waals surface area contributed by atoms with Crippen LogP contribution < -0.4 is 19.5 Å². The van der Waals surface area contributed by atoms with Crippen molar-refractivity contribution >= 4 is 17.9 Å². The molecule has 0 bridgehead atoms. The molecule has 148 valence electrons. The molecule has 0 spiro atoms. The van der Waals surface area contributed by atoms with Crippen molar-refractivity contribution < 1.29 is 23.8 Å². The molecule has 0 aliphatic rings. The standard InChI is InChI=1S/C23H21NO5/c1-16-3-7-19(8-4-16)29-20-9-5-18(6-10-20)24-23(26)15-28-22-12-11-21(27-2)13-17(22)14-25/h3-14H,15H2,1-2H3,(H,24,26). The molecule has 29 heavy (non-hydrogen) atoms. The Bertz CT molecular complexity index is 981. The third kappa shape index (κ3) is 5.59. The minimum atomic E-state index is -0.343. The van der Waals surface area contributed by atoms with E-state index in [0.29, 0.717) is 34.8 Å². The second kappa shape index (κ2) is 9.41. The van der Waals surface area contributed by atoms with E-state index in [-0.39, 0.29) is 12.5 Å². The highest BCUT2D eigenvalue weighted by Gasteiger charge is 2.09. The monoisotopic (exact) mass is 391 g/mol. The van der Waals surface area contributed by atoms with Gasteiger partial charge in [0.1, 0.15) is 23.0 Å². The van der Waals surface area contributed by atoms with Crippen LogP contribution in [0, 0.1) is 6.92 Å². The van der Waals surface area contributed by atoms with Crippen molar-refractivity contribution in [1.29, 1.82) is 0 Å². The third-order valence-electron chi connectivity index (χ3n) is 4.10. The van der Waals surface area contributed by atoms with Gasteiger partial charge in [-0.3, -0.25) is 9.59 Å². The first kappa shape index (κ1) is 19.9. The first-order valence-corrected chi connectivity index (χ1v) is 8.98. The summed E-state index contributed by atoms with van der Waals surface area (Å²) < 4.78 is 16.3. The summed E-state index contributed by atoms with van der Waals surface area (Å²) in [7, 11) is 1.51. The van der Waals surface area contributed by atoms with Crippen LogP contribution in [0.5, 0.6) is 23.0 Å². The van der Waals surface area contributed by atoms with Crippen molar-refractivity contribution in [2.45, 2.75) is 6.92 Å². The van der Waals surface area contributed by atoms with Crippen molar-refractivity contribution in [3.05, 3.63) is 77.9 Å². The highest BCUT2D eigenvalue weighted by molar-refractivity contribution is 5.92. The van der Waals surface area contributed by atoms with E-state index in [1.54, 1.807) is 42.5 Å². The number of anilines is 1. The highest BCUT2D eigenvalue weighted by atomic mass is 16.5. The van der Waals surface area contributed by atoms with E-state index < -0.39 is 0 Å². The molecule has 3 rings (SSSR count). The first-order valence-electron chi connectivity index (χ1n) is 8.98. The van der Waals surface area contributed by atoms with Gasteiger partial charge < -0.3 is 19.5 Å². The smallest absolute Gasteiger partial charge is 0.262 e. The van der Waals surface area contributed by atoms with Crippen LogP contribution in [0.25, 0.3) is 0 Å². The lowest BCUT2D eigenvalue weighted by Gasteiger charge is -2.11. The van der Waals surface area contributed by atoms with Gasteiger partial charge in [0.25, 0.3) is 5.91 Å². The van der Waals surface area contributed by atoms with Crippen LogP contribution in [0.15, 0.2) is 66.7 Å². The van der Waals surface area contributed by atoms with Gasteiger partial charge in [-0.05, 0) is 61.5 Å². The largest absolute Gasteiger partial charge is 0.497 e. The number of hydrogen-bond donors (Lipinski definition) is 1. The maximum Gasteiger partial charge on any atom is 0.262 e. The van der Waals surface area contributed by atoms with Crippen molar-refractivity contribution in [1.82, 2.24) is 0 Å². The highest BCUT2D eigenvalue weighted by Crippen LogP contribution is 2.24. The van der Waals surface area contributed by atoms with E-state index in [1.807, 2.05) is 31.2 Å². The molecule has 3 aromatic carbocycles. The fourth-order valence-corrected chi connectivity index (χ4v) is 2.57. The number of hydrogen-bond acceptors (Lipinski definition) is 5.